The molecule has 0 aliphatic rings. The zero-order valence-electron chi connectivity index (χ0n) is 11.0. The molecule has 1 aromatic carbocycles. The fraction of sp³-hybridized carbons (Fsp3) is 0.0714. The summed E-state index contributed by atoms with van der Waals surface area (Å²) in [4.78, 5) is 12.7. The van der Waals surface area contributed by atoms with Crippen molar-refractivity contribution in [2.75, 3.05) is 5.75 Å². The molecule has 0 radical (unpaired) electrons. The molecule has 8 heteroatoms. The van der Waals surface area contributed by atoms with Crippen LogP contribution >= 0.6 is 50.6 Å². The van der Waals surface area contributed by atoms with Gasteiger partial charge in [0.2, 0.25) is 5.89 Å². The van der Waals surface area contributed by atoms with E-state index in [1.807, 2.05) is 18.2 Å². The van der Waals surface area contributed by atoms with Gasteiger partial charge in [0.15, 0.2) is 5.78 Å². The molecular formula is C14H8BrClN2O2S2. The van der Waals surface area contributed by atoms with Gasteiger partial charge in [-0.25, -0.2) is 0 Å². The Bertz CT molecular complexity index is 819. The van der Waals surface area contributed by atoms with E-state index in [-0.39, 0.29) is 11.5 Å². The lowest BCUT2D eigenvalue weighted by atomic mass is 10.2. The van der Waals surface area contributed by atoms with Crippen molar-refractivity contribution >= 4 is 56.4 Å². The maximum Gasteiger partial charge on any atom is 0.277 e. The first-order valence-electron chi connectivity index (χ1n) is 6.12. The first-order chi connectivity index (χ1) is 10.6. The van der Waals surface area contributed by atoms with Gasteiger partial charge in [-0.3, -0.25) is 4.79 Å². The van der Waals surface area contributed by atoms with Crippen molar-refractivity contribution in [3.63, 3.8) is 0 Å². The highest BCUT2D eigenvalue weighted by atomic mass is 79.9. The van der Waals surface area contributed by atoms with E-state index in [9.17, 15) is 4.79 Å². The molecule has 0 aliphatic carbocycles. The average molecular weight is 416 g/mol. The Morgan fingerprint density at radius 3 is 2.91 bits per heavy atom. The standard InChI is InChI=1S/C14H8BrClN2O2S2/c15-12-5-4-11(22-12)10(19)7-21-14-18-17-13(20-14)8-2-1-3-9(16)6-8/h1-6H,7H2. The lowest BCUT2D eigenvalue weighted by Crippen LogP contribution is -1.98. The van der Waals surface area contributed by atoms with Crippen molar-refractivity contribution in [1.82, 2.24) is 10.2 Å². The molecule has 0 fully saturated rings. The van der Waals surface area contributed by atoms with Crippen molar-refractivity contribution in [1.29, 1.82) is 0 Å². The fourth-order valence-corrected chi connectivity index (χ4v) is 3.92. The summed E-state index contributed by atoms with van der Waals surface area (Å²) in [6.45, 7) is 0. The van der Waals surface area contributed by atoms with Gasteiger partial charge in [-0.2, -0.15) is 0 Å². The van der Waals surface area contributed by atoms with Crippen LogP contribution in [0.2, 0.25) is 5.02 Å². The Morgan fingerprint density at radius 1 is 1.32 bits per heavy atom. The molecule has 2 aromatic heterocycles. The van der Waals surface area contributed by atoms with E-state index in [2.05, 4.69) is 26.1 Å². The summed E-state index contributed by atoms with van der Waals surface area (Å²) in [7, 11) is 0. The Labute approximate surface area is 148 Å². The Kier molecular flexibility index (Phi) is 4.97. The molecule has 3 aromatic rings. The number of hydrogen-bond acceptors (Lipinski definition) is 6. The van der Waals surface area contributed by atoms with Crippen LogP contribution in [0.4, 0.5) is 0 Å². The van der Waals surface area contributed by atoms with Gasteiger partial charge in [0.1, 0.15) is 0 Å². The number of carbonyl (C=O) groups is 1. The smallest absolute Gasteiger partial charge is 0.277 e. The fourth-order valence-electron chi connectivity index (χ4n) is 1.67. The van der Waals surface area contributed by atoms with Crippen LogP contribution in [0.25, 0.3) is 11.5 Å². The summed E-state index contributed by atoms with van der Waals surface area (Å²) < 4.78 is 6.47. The van der Waals surface area contributed by atoms with Crippen molar-refractivity contribution in [2.45, 2.75) is 5.22 Å². The molecule has 2 heterocycles. The molecule has 22 heavy (non-hydrogen) atoms. The lowest BCUT2D eigenvalue weighted by Gasteiger charge is -1.95. The summed E-state index contributed by atoms with van der Waals surface area (Å²) >= 11 is 11.9. The summed E-state index contributed by atoms with van der Waals surface area (Å²) in [5.74, 6) is 0.670. The molecule has 3 rings (SSSR count). The highest BCUT2D eigenvalue weighted by Crippen LogP contribution is 2.27. The number of Topliss-reactive ketones (excluding diaryl/α,β-unsaturated/α-hetero) is 1. The monoisotopic (exact) mass is 414 g/mol. The highest BCUT2D eigenvalue weighted by molar-refractivity contribution is 9.11. The van der Waals surface area contributed by atoms with Crippen molar-refractivity contribution in [3.8, 4) is 11.5 Å². The number of aromatic nitrogens is 2. The van der Waals surface area contributed by atoms with Gasteiger partial charge in [-0.05, 0) is 46.3 Å². The molecule has 0 atom stereocenters. The van der Waals surface area contributed by atoms with Gasteiger partial charge >= 0.3 is 0 Å². The minimum Gasteiger partial charge on any atom is -0.411 e. The van der Waals surface area contributed by atoms with E-state index in [1.165, 1.54) is 23.1 Å². The number of carbonyl (C=O) groups excluding carboxylic acids is 1. The molecule has 0 saturated heterocycles. The molecule has 0 N–H and O–H groups in total. The second kappa shape index (κ2) is 6.95. The second-order valence-electron chi connectivity index (χ2n) is 4.20. The summed E-state index contributed by atoms with van der Waals surface area (Å²) in [6, 6.07) is 10.8. The first kappa shape index (κ1) is 15.7. The highest BCUT2D eigenvalue weighted by Gasteiger charge is 2.13. The molecule has 0 aliphatic heterocycles. The third kappa shape index (κ3) is 3.78. The van der Waals surface area contributed by atoms with Gasteiger partial charge in [-0.15, -0.1) is 21.5 Å². The van der Waals surface area contributed by atoms with Gasteiger partial charge in [0.25, 0.3) is 5.22 Å². The van der Waals surface area contributed by atoms with Crippen LogP contribution in [-0.4, -0.2) is 21.7 Å². The number of rotatable bonds is 5. The molecule has 0 unspecified atom stereocenters. The maximum atomic E-state index is 12.0. The molecule has 0 spiro atoms. The first-order valence-corrected chi connectivity index (χ1v) is 9.10. The SMILES string of the molecule is O=C(CSc1nnc(-c2cccc(Cl)c2)o1)c1ccc(Br)s1. The topological polar surface area (TPSA) is 56.0 Å². The predicted octanol–water partition coefficient (Wildman–Crippen LogP) is 5.19. The molecule has 0 amide bonds. The third-order valence-electron chi connectivity index (χ3n) is 2.65. The van der Waals surface area contributed by atoms with Crippen molar-refractivity contribution < 1.29 is 9.21 Å². The second-order valence-corrected chi connectivity index (χ2v) is 8.03. The van der Waals surface area contributed by atoms with Gasteiger partial charge in [-0.1, -0.05) is 29.4 Å². The molecule has 0 bridgehead atoms. The largest absolute Gasteiger partial charge is 0.411 e. The summed E-state index contributed by atoms with van der Waals surface area (Å²) in [5, 5.41) is 8.87. The quantitative estimate of drug-likeness (QED) is 0.424. The van der Waals surface area contributed by atoms with Crippen LogP contribution in [0.1, 0.15) is 9.67 Å². The van der Waals surface area contributed by atoms with Crippen LogP contribution in [0.5, 0.6) is 0 Å². The minimum absolute atomic E-state index is 0.0307. The number of ketones is 1. The number of hydrogen-bond donors (Lipinski definition) is 0. The van der Waals surface area contributed by atoms with Gasteiger partial charge < -0.3 is 4.42 Å². The molecular weight excluding hydrogens is 408 g/mol. The minimum atomic E-state index is 0.0307. The summed E-state index contributed by atoms with van der Waals surface area (Å²) in [5.41, 5.74) is 0.750. The van der Waals surface area contributed by atoms with Gasteiger partial charge in [0.05, 0.1) is 14.4 Å². The zero-order chi connectivity index (χ0) is 15.5. The van der Waals surface area contributed by atoms with E-state index >= 15 is 0 Å². The number of benzene rings is 1. The van der Waals surface area contributed by atoms with Crippen LogP contribution in [0, 0.1) is 0 Å². The van der Waals surface area contributed by atoms with E-state index in [4.69, 9.17) is 16.0 Å². The van der Waals surface area contributed by atoms with Crippen LogP contribution in [-0.2, 0) is 0 Å². The summed E-state index contributed by atoms with van der Waals surface area (Å²) in [6.07, 6.45) is 0. The normalized spacial score (nSPS) is 10.8. The molecule has 112 valence electrons. The van der Waals surface area contributed by atoms with E-state index in [1.54, 1.807) is 18.2 Å². The predicted molar refractivity (Wildman–Crippen MR) is 91.8 cm³/mol. The number of thioether (sulfide) groups is 1. The number of thiophene rings is 1. The van der Waals surface area contributed by atoms with E-state index in [0.717, 1.165) is 9.35 Å². The van der Waals surface area contributed by atoms with Crippen molar-refractivity contribution in [2.24, 2.45) is 0 Å². The van der Waals surface area contributed by atoms with E-state index in [0.29, 0.717) is 21.0 Å². The number of halogens is 2. The molecule has 0 saturated carbocycles. The van der Waals surface area contributed by atoms with Crippen molar-refractivity contribution in [3.05, 3.63) is 50.1 Å². The number of nitrogens with zero attached hydrogens (tertiary/aromatic N) is 2. The van der Waals surface area contributed by atoms with E-state index < -0.39 is 0 Å². The average Bonchev–Trinajstić information content (AvgIpc) is 3.14. The third-order valence-corrected chi connectivity index (χ3v) is 5.37. The van der Waals surface area contributed by atoms with Crippen LogP contribution < -0.4 is 0 Å². The Balaban J connectivity index is 1.66. The maximum absolute atomic E-state index is 12.0. The van der Waals surface area contributed by atoms with Gasteiger partial charge in [0, 0.05) is 10.6 Å². The Morgan fingerprint density at radius 2 is 2.18 bits per heavy atom. The Hall–Kier alpha value is -1.15. The zero-order valence-corrected chi connectivity index (χ0v) is 14.9. The van der Waals surface area contributed by atoms with Crippen LogP contribution in [0.3, 0.4) is 0 Å². The van der Waals surface area contributed by atoms with Crippen LogP contribution in [0.15, 0.2) is 49.8 Å². The molecule has 4 nitrogen and oxygen atoms in total. The lowest BCUT2D eigenvalue weighted by molar-refractivity contribution is 0.102.